The zero-order valence-electron chi connectivity index (χ0n) is 21.8. The SMILES string of the molecule is CN(C)c1cccc(CNC[C@@H](O)[C@H](Cc2cc(F)cc(F)c2)NC(=O)C2=NN(c3ccccc3)C(=O)C2)c1. The molecule has 0 unspecified atom stereocenters. The number of carbonyl (C=O) groups excluding carboxylic acids is 2. The van der Waals surface area contributed by atoms with E-state index in [0.717, 1.165) is 34.5 Å². The van der Waals surface area contributed by atoms with Crippen molar-refractivity contribution in [3.05, 3.63) is 95.6 Å². The average Bonchev–Trinajstić information content (AvgIpc) is 3.30. The molecule has 39 heavy (non-hydrogen) atoms. The summed E-state index contributed by atoms with van der Waals surface area (Å²) < 4.78 is 27.7. The molecule has 0 spiro atoms. The van der Waals surface area contributed by atoms with E-state index in [9.17, 15) is 23.5 Å². The molecule has 1 heterocycles. The van der Waals surface area contributed by atoms with Crippen LogP contribution < -0.4 is 20.5 Å². The standard InChI is InChI=1S/C29H31F2N5O3/c1-35(2)24-10-6-7-19(13-24)17-32-18-27(37)25(14-20-11-21(30)15-22(31)12-20)33-29(39)26-16-28(38)36(34-26)23-8-4-3-5-9-23/h3-13,15,25,27,32,37H,14,16-18H2,1-2H3,(H,33,39)/t25-,27+/m0/s1. The number of rotatable bonds is 11. The monoisotopic (exact) mass is 535 g/mol. The van der Waals surface area contributed by atoms with Crippen molar-refractivity contribution in [3.8, 4) is 0 Å². The first kappa shape index (κ1) is 27.9. The van der Waals surface area contributed by atoms with Gasteiger partial charge in [-0.1, -0.05) is 30.3 Å². The summed E-state index contributed by atoms with van der Waals surface area (Å²) in [5.41, 5.74) is 2.82. The van der Waals surface area contributed by atoms with E-state index in [1.165, 1.54) is 0 Å². The number of hydrogen-bond donors (Lipinski definition) is 3. The van der Waals surface area contributed by atoms with Crippen molar-refractivity contribution in [3.63, 3.8) is 0 Å². The predicted molar refractivity (Wildman–Crippen MR) is 146 cm³/mol. The van der Waals surface area contributed by atoms with Gasteiger partial charge in [-0.05, 0) is 53.9 Å². The fourth-order valence-corrected chi connectivity index (χ4v) is 4.30. The quantitative estimate of drug-likeness (QED) is 0.351. The molecule has 0 saturated heterocycles. The van der Waals surface area contributed by atoms with E-state index < -0.39 is 29.7 Å². The zero-order valence-corrected chi connectivity index (χ0v) is 21.8. The van der Waals surface area contributed by atoms with Crippen molar-refractivity contribution < 1.29 is 23.5 Å². The Morgan fingerprint density at radius 3 is 2.44 bits per heavy atom. The van der Waals surface area contributed by atoms with Crippen LogP contribution in [0.2, 0.25) is 0 Å². The third-order valence-corrected chi connectivity index (χ3v) is 6.31. The van der Waals surface area contributed by atoms with E-state index >= 15 is 0 Å². The number of aliphatic hydroxyl groups is 1. The first-order chi connectivity index (χ1) is 18.7. The highest BCUT2D eigenvalue weighted by Gasteiger charge is 2.31. The van der Waals surface area contributed by atoms with Crippen molar-refractivity contribution in [1.29, 1.82) is 0 Å². The second kappa shape index (κ2) is 12.6. The molecule has 3 N–H and O–H groups in total. The van der Waals surface area contributed by atoms with Gasteiger partial charge < -0.3 is 20.6 Å². The van der Waals surface area contributed by atoms with Crippen LogP contribution in [0.4, 0.5) is 20.2 Å². The zero-order chi connectivity index (χ0) is 27.9. The summed E-state index contributed by atoms with van der Waals surface area (Å²) in [5, 5.41) is 22.2. The molecule has 0 aromatic heterocycles. The van der Waals surface area contributed by atoms with Crippen molar-refractivity contribution in [2.24, 2.45) is 5.10 Å². The molecule has 1 aliphatic heterocycles. The number of carbonyl (C=O) groups is 2. The smallest absolute Gasteiger partial charge is 0.268 e. The lowest BCUT2D eigenvalue weighted by molar-refractivity contribution is -0.118. The molecule has 2 amide bonds. The predicted octanol–water partition coefficient (Wildman–Crippen LogP) is 3.00. The van der Waals surface area contributed by atoms with Crippen LogP contribution in [-0.4, -0.2) is 55.4 Å². The Labute approximate surface area is 225 Å². The molecule has 0 aliphatic carbocycles. The number of hydrogen-bond acceptors (Lipinski definition) is 6. The van der Waals surface area contributed by atoms with E-state index in [4.69, 9.17) is 0 Å². The van der Waals surface area contributed by atoms with E-state index in [0.29, 0.717) is 12.2 Å². The molecule has 4 rings (SSSR count). The maximum atomic E-state index is 13.8. The van der Waals surface area contributed by atoms with Gasteiger partial charge in [-0.25, -0.2) is 8.78 Å². The molecule has 0 bridgehead atoms. The summed E-state index contributed by atoms with van der Waals surface area (Å²) in [7, 11) is 3.89. The Hall–Kier alpha value is -4.15. The molecular formula is C29H31F2N5O3. The Balaban J connectivity index is 1.46. The van der Waals surface area contributed by atoms with Crippen LogP contribution >= 0.6 is 0 Å². The minimum atomic E-state index is -1.11. The summed E-state index contributed by atoms with van der Waals surface area (Å²) in [5.74, 6) is -2.51. The lowest BCUT2D eigenvalue weighted by Crippen LogP contribution is -2.50. The van der Waals surface area contributed by atoms with Crippen LogP contribution in [0.15, 0.2) is 77.9 Å². The second-order valence-corrected chi connectivity index (χ2v) is 9.59. The maximum absolute atomic E-state index is 13.8. The number of hydrazone groups is 1. The second-order valence-electron chi connectivity index (χ2n) is 9.59. The molecule has 3 aromatic rings. The fourth-order valence-electron chi connectivity index (χ4n) is 4.30. The van der Waals surface area contributed by atoms with Gasteiger partial charge >= 0.3 is 0 Å². The average molecular weight is 536 g/mol. The van der Waals surface area contributed by atoms with Gasteiger partial charge in [0.25, 0.3) is 11.8 Å². The molecule has 0 saturated carbocycles. The normalized spacial score (nSPS) is 14.6. The molecule has 204 valence electrons. The summed E-state index contributed by atoms with van der Waals surface area (Å²) in [6.07, 6.45) is -1.36. The van der Waals surface area contributed by atoms with Crippen LogP contribution in [0, 0.1) is 11.6 Å². The minimum Gasteiger partial charge on any atom is -0.390 e. The van der Waals surface area contributed by atoms with Crippen LogP contribution in [-0.2, 0) is 22.6 Å². The van der Waals surface area contributed by atoms with Crippen LogP contribution in [0.1, 0.15) is 17.5 Å². The van der Waals surface area contributed by atoms with Gasteiger partial charge in [0.05, 0.1) is 24.3 Å². The topological polar surface area (TPSA) is 97.3 Å². The number of nitrogens with one attached hydrogen (secondary N) is 2. The lowest BCUT2D eigenvalue weighted by atomic mass is 10.00. The van der Waals surface area contributed by atoms with Crippen molar-refractivity contribution in [2.75, 3.05) is 30.5 Å². The van der Waals surface area contributed by atoms with Gasteiger partial charge in [-0.15, -0.1) is 0 Å². The summed E-state index contributed by atoms with van der Waals surface area (Å²) >= 11 is 0. The Morgan fingerprint density at radius 1 is 1.03 bits per heavy atom. The largest absolute Gasteiger partial charge is 0.390 e. The first-order valence-electron chi connectivity index (χ1n) is 12.6. The highest BCUT2D eigenvalue weighted by Crippen LogP contribution is 2.20. The summed E-state index contributed by atoms with van der Waals surface area (Å²) in [4.78, 5) is 27.6. The third kappa shape index (κ3) is 7.46. The van der Waals surface area contributed by atoms with E-state index in [2.05, 4.69) is 15.7 Å². The highest BCUT2D eigenvalue weighted by atomic mass is 19.1. The minimum absolute atomic E-state index is 0.0139. The lowest BCUT2D eigenvalue weighted by Gasteiger charge is -2.25. The van der Waals surface area contributed by atoms with Gasteiger partial charge in [-0.3, -0.25) is 9.59 Å². The molecule has 0 radical (unpaired) electrons. The molecule has 0 fully saturated rings. The fraction of sp³-hybridized carbons (Fsp3) is 0.276. The van der Waals surface area contributed by atoms with Crippen molar-refractivity contribution in [2.45, 2.75) is 31.5 Å². The number of nitrogens with zero attached hydrogens (tertiary/aromatic N) is 3. The number of benzene rings is 3. The molecule has 8 nitrogen and oxygen atoms in total. The number of anilines is 2. The van der Waals surface area contributed by atoms with Gasteiger partial charge in [0.2, 0.25) is 0 Å². The van der Waals surface area contributed by atoms with Gasteiger partial charge in [0, 0.05) is 38.9 Å². The Kier molecular flexibility index (Phi) is 9.00. The number of amides is 2. The Bertz CT molecular complexity index is 1330. The van der Waals surface area contributed by atoms with Gasteiger partial charge in [0.1, 0.15) is 17.3 Å². The van der Waals surface area contributed by atoms with Crippen LogP contribution in [0.5, 0.6) is 0 Å². The molecule has 10 heteroatoms. The summed E-state index contributed by atoms with van der Waals surface area (Å²) in [6, 6.07) is 18.8. The van der Waals surface area contributed by atoms with Crippen LogP contribution in [0.3, 0.4) is 0 Å². The number of para-hydroxylation sites is 1. The highest BCUT2D eigenvalue weighted by molar-refractivity contribution is 6.44. The first-order valence-corrected chi connectivity index (χ1v) is 12.6. The van der Waals surface area contributed by atoms with Gasteiger partial charge in [-0.2, -0.15) is 10.1 Å². The van der Waals surface area contributed by atoms with Crippen LogP contribution in [0.25, 0.3) is 0 Å². The van der Waals surface area contributed by atoms with Crippen molar-refractivity contribution in [1.82, 2.24) is 10.6 Å². The van der Waals surface area contributed by atoms with Gasteiger partial charge in [0.15, 0.2) is 0 Å². The van der Waals surface area contributed by atoms with Crippen molar-refractivity contribution >= 4 is 28.9 Å². The molecule has 2 atom stereocenters. The number of aliphatic hydroxyl groups excluding tert-OH is 1. The van der Waals surface area contributed by atoms with E-state index in [1.54, 1.807) is 30.3 Å². The van der Waals surface area contributed by atoms with E-state index in [1.807, 2.05) is 43.3 Å². The Morgan fingerprint density at radius 2 is 1.74 bits per heavy atom. The van der Waals surface area contributed by atoms with E-state index in [-0.39, 0.29) is 36.6 Å². The molecular weight excluding hydrogens is 504 g/mol. The third-order valence-electron chi connectivity index (χ3n) is 6.31. The number of halogens is 2. The summed E-state index contributed by atoms with van der Waals surface area (Å²) in [6.45, 7) is 0.553. The molecule has 1 aliphatic rings. The molecule has 3 aromatic carbocycles. The maximum Gasteiger partial charge on any atom is 0.268 e.